The zero-order valence-corrected chi connectivity index (χ0v) is 11.8. The number of carbonyl (C=O) groups is 1. The lowest BCUT2D eigenvalue weighted by Crippen LogP contribution is -2.33. The van der Waals surface area contributed by atoms with Gasteiger partial charge in [-0.3, -0.25) is 9.78 Å². The Morgan fingerprint density at radius 1 is 1.47 bits per heavy atom. The van der Waals surface area contributed by atoms with Crippen molar-refractivity contribution >= 4 is 5.91 Å². The summed E-state index contributed by atoms with van der Waals surface area (Å²) in [5.41, 5.74) is 6.63. The van der Waals surface area contributed by atoms with Crippen LogP contribution < -0.4 is 11.1 Å². The summed E-state index contributed by atoms with van der Waals surface area (Å²) in [6, 6.07) is 1.73. The van der Waals surface area contributed by atoms with Crippen LogP contribution in [0.2, 0.25) is 0 Å². The van der Waals surface area contributed by atoms with Gasteiger partial charge in [-0.25, -0.2) is 0 Å². The van der Waals surface area contributed by atoms with Crippen molar-refractivity contribution < 1.29 is 4.79 Å². The number of hydrogen-bond donors (Lipinski definition) is 2. The van der Waals surface area contributed by atoms with Gasteiger partial charge in [0.05, 0.1) is 12.1 Å². The number of pyridine rings is 1. The Hall–Kier alpha value is -1.86. The van der Waals surface area contributed by atoms with Crippen molar-refractivity contribution in [3.05, 3.63) is 29.6 Å². The highest BCUT2D eigenvalue weighted by Crippen LogP contribution is 2.17. The van der Waals surface area contributed by atoms with E-state index < -0.39 is 0 Å². The second kappa shape index (κ2) is 6.91. The van der Waals surface area contributed by atoms with Crippen molar-refractivity contribution in [3.8, 4) is 11.8 Å². The molecule has 19 heavy (non-hydrogen) atoms. The second-order valence-electron chi connectivity index (χ2n) is 5.17. The number of hydrogen-bond acceptors (Lipinski definition) is 3. The Balaban J connectivity index is 2.72. The number of nitrogens with one attached hydrogen (secondary N) is 1. The largest absolute Gasteiger partial charge is 0.351 e. The predicted octanol–water partition coefficient (Wildman–Crippen LogP) is 1.56. The van der Waals surface area contributed by atoms with Gasteiger partial charge in [-0.1, -0.05) is 32.6 Å². The van der Waals surface area contributed by atoms with Gasteiger partial charge >= 0.3 is 0 Å². The van der Waals surface area contributed by atoms with Crippen LogP contribution in [0.1, 0.15) is 43.1 Å². The molecule has 0 unspecified atom stereocenters. The number of nitrogens with zero attached hydrogens (tertiary/aromatic N) is 1. The summed E-state index contributed by atoms with van der Waals surface area (Å²) >= 11 is 0. The number of aromatic nitrogens is 1. The number of nitrogens with two attached hydrogens (primary N) is 1. The molecule has 0 saturated carbocycles. The monoisotopic (exact) mass is 259 g/mol. The van der Waals surface area contributed by atoms with Gasteiger partial charge in [-0.05, 0) is 17.9 Å². The van der Waals surface area contributed by atoms with Gasteiger partial charge in [0.15, 0.2) is 0 Å². The highest BCUT2D eigenvalue weighted by Gasteiger charge is 2.16. The summed E-state index contributed by atoms with van der Waals surface area (Å²) in [4.78, 5) is 16.0. The molecule has 0 spiro atoms. The average Bonchev–Trinajstić information content (AvgIpc) is 2.43. The van der Waals surface area contributed by atoms with Gasteiger partial charge in [0.25, 0.3) is 5.91 Å². The molecule has 4 heteroatoms. The van der Waals surface area contributed by atoms with Gasteiger partial charge < -0.3 is 11.1 Å². The Morgan fingerprint density at radius 2 is 2.21 bits per heavy atom. The first-order chi connectivity index (χ1) is 8.98. The first kappa shape index (κ1) is 15.2. The molecule has 102 valence electrons. The third-order valence-electron chi connectivity index (χ3n) is 3.02. The van der Waals surface area contributed by atoms with E-state index >= 15 is 0 Å². The summed E-state index contributed by atoms with van der Waals surface area (Å²) in [6.45, 7) is 7.28. The number of rotatable bonds is 4. The summed E-state index contributed by atoms with van der Waals surface area (Å²) in [7, 11) is 0. The van der Waals surface area contributed by atoms with Crippen LogP contribution in [-0.4, -0.2) is 24.0 Å². The minimum absolute atomic E-state index is 0.0973. The predicted molar refractivity (Wildman–Crippen MR) is 76.6 cm³/mol. The molecule has 0 aliphatic rings. The van der Waals surface area contributed by atoms with Gasteiger partial charge in [-0.15, -0.1) is 0 Å². The second-order valence-corrected chi connectivity index (χ2v) is 5.17. The van der Waals surface area contributed by atoms with E-state index in [1.165, 1.54) is 0 Å². The molecule has 0 radical (unpaired) electrons. The van der Waals surface area contributed by atoms with E-state index in [9.17, 15) is 4.79 Å². The van der Waals surface area contributed by atoms with Crippen LogP contribution >= 0.6 is 0 Å². The standard InChI is InChI=1S/C15H21N3O/c1-4-15(2,3)11-18-14(19)13-8-12(6-5-7-16)9-17-10-13/h8-10H,4,7,11,16H2,1-3H3,(H,18,19). The van der Waals surface area contributed by atoms with Gasteiger partial charge in [0.2, 0.25) is 0 Å². The maximum atomic E-state index is 12.0. The lowest BCUT2D eigenvalue weighted by atomic mass is 9.90. The van der Waals surface area contributed by atoms with Crippen LogP contribution in [0.25, 0.3) is 0 Å². The third-order valence-corrected chi connectivity index (χ3v) is 3.02. The Morgan fingerprint density at radius 3 is 2.84 bits per heavy atom. The summed E-state index contributed by atoms with van der Waals surface area (Å²) in [5.74, 6) is 5.49. The van der Waals surface area contributed by atoms with Crippen LogP contribution in [0.3, 0.4) is 0 Å². The topological polar surface area (TPSA) is 68.0 Å². The molecule has 1 aromatic rings. The molecule has 0 aliphatic carbocycles. The normalized spacial score (nSPS) is 10.5. The van der Waals surface area contributed by atoms with Crippen LogP contribution in [0.5, 0.6) is 0 Å². The molecule has 1 rings (SSSR count). The van der Waals surface area contributed by atoms with E-state index in [0.717, 1.165) is 6.42 Å². The highest BCUT2D eigenvalue weighted by molar-refractivity contribution is 5.94. The summed E-state index contributed by atoms with van der Waals surface area (Å²) in [5, 5.41) is 2.92. The van der Waals surface area contributed by atoms with E-state index in [-0.39, 0.29) is 11.3 Å². The van der Waals surface area contributed by atoms with Gasteiger partial charge in [-0.2, -0.15) is 0 Å². The van der Waals surface area contributed by atoms with Crippen molar-refractivity contribution in [2.45, 2.75) is 27.2 Å². The summed E-state index contributed by atoms with van der Waals surface area (Å²) in [6.07, 6.45) is 4.17. The molecule has 4 nitrogen and oxygen atoms in total. The zero-order chi connectivity index (χ0) is 14.3. The van der Waals surface area contributed by atoms with Gasteiger partial charge in [0, 0.05) is 24.5 Å². The third kappa shape index (κ3) is 5.11. The molecule has 0 bridgehead atoms. The van der Waals surface area contributed by atoms with Crippen LogP contribution in [0, 0.1) is 17.3 Å². The fraction of sp³-hybridized carbons (Fsp3) is 0.467. The van der Waals surface area contributed by atoms with Gasteiger partial charge in [0.1, 0.15) is 0 Å². The molecule has 3 N–H and O–H groups in total. The minimum Gasteiger partial charge on any atom is -0.351 e. The smallest absolute Gasteiger partial charge is 0.252 e. The molecular formula is C15H21N3O. The average molecular weight is 259 g/mol. The molecule has 0 saturated heterocycles. The number of carbonyl (C=O) groups excluding carboxylic acids is 1. The molecule has 1 amide bonds. The fourth-order valence-corrected chi connectivity index (χ4v) is 1.33. The SMILES string of the molecule is CCC(C)(C)CNC(=O)c1cncc(C#CCN)c1. The van der Waals surface area contributed by atoms with Crippen molar-refractivity contribution in [3.63, 3.8) is 0 Å². The molecule has 1 heterocycles. The van der Waals surface area contributed by atoms with E-state index in [0.29, 0.717) is 24.2 Å². The Kier molecular flexibility index (Phi) is 5.53. The minimum atomic E-state index is -0.120. The maximum Gasteiger partial charge on any atom is 0.252 e. The van der Waals surface area contributed by atoms with Crippen LogP contribution in [0.4, 0.5) is 0 Å². The van der Waals surface area contributed by atoms with Crippen molar-refractivity contribution in [2.75, 3.05) is 13.1 Å². The molecule has 1 aromatic heterocycles. The molecule has 0 atom stereocenters. The zero-order valence-electron chi connectivity index (χ0n) is 11.8. The molecular weight excluding hydrogens is 238 g/mol. The quantitative estimate of drug-likeness (QED) is 0.806. The molecule has 0 fully saturated rings. The Labute approximate surface area is 114 Å². The molecule has 0 aromatic carbocycles. The highest BCUT2D eigenvalue weighted by atomic mass is 16.1. The first-order valence-corrected chi connectivity index (χ1v) is 6.40. The van der Waals surface area contributed by atoms with Crippen LogP contribution in [-0.2, 0) is 0 Å². The van der Waals surface area contributed by atoms with Crippen molar-refractivity contribution in [1.29, 1.82) is 0 Å². The van der Waals surface area contributed by atoms with E-state index in [1.807, 2.05) is 0 Å². The van der Waals surface area contributed by atoms with E-state index in [2.05, 4.69) is 42.9 Å². The lowest BCUT2D eigenvalue weighted by Gasteiger charge is -2.22. The van der Waals surface area contributed by atoms with Crippen molar-refractivity contribution in [1.82, 2.24) is 10.3 Å². The lowest BCUT2D eigenvalue weighted by molar-refractivity contribution is 0.0935. The Bertz CT molecular complexity index is 498. The first-order valence-electron chi connectivity index (χ1n) is 6.40. The summed E-state index contributed by atoms with van der Waals surface area (Å²) < 4.78 is 0. The fourth-order valence-electron chi connectivity index (χ4n) is 1.33. The van der Waals surface area contributed by atoms with E-state index in [1.54, 1.807) is 18.5 Å². The number of amides is 1. The van der Waals surface area contributed by atoms with Crippen molar-refractivity contribution in [2.24, 2.45) is 11.1 Å². The van der Waals surface area contributed by atoms with Crippen LogP contribution in [0.15, 0.2) is 18.5 Å². The molecule has 0 aliphatic heterocycles. The van der Waals surface area contributed by atoms with E-state index in [4.69, 9.17) is 5.73 Å². The maximum absolute atomic E-state index is 12.0.